The van der Waals surface area contributed by atoms with Gasteiger partial charge >= 0.3 is 12.0 Å². The Kier molecular flexibility index (Phi) is 5.14. The molecule has 0 bridgehead atoms. The van der Waals surface area contributed by atoms with Crippen LogP contribution in [-0.2, 0) is 9.59 Å². The van der Waals surface area contributed by atoms with E-state index in [4.69, 9.17) is 5.11 Å². The minimum Gasteiger partial charge on any atom is -0.480 e. The Balaban J connectivity index is 2.39. The lowest BCUT2D eigenvalue weighted by molar-refractivity contribution is -0.140. The highest BCUT2D eigenvalue weighted by molar-refractivity contribution is 5.88. The van der Waals surface area contributed by atoms with Gasteiger partial charge in [-0.05, 0) is 25.7 Å². The molecule has 19 heavy (non-hydrogen) atoms. The van der Waals surface area contributed by atoms with E-state index in [-0.39, 0.29) is 17.9 Å². The van der Waals surface area contributed by atoms with Crippen molar-refractivity contribution in [1.82, 2.24) is 16.0 Å². The van der Waals surface area contributed by atoms with Gasteiger partial charge in [-0.15, -0.1) is 0 Å². The third-order valence-corrected chi connectivity index (χ3v) is 2.88. The molecule has 1 aliphatic carbocycles. The Morgan fingerprint density at radius 2 is 1.68 bits per heavy atom. The highest BCUT2D eigenvalue weighted by Crippen LogP contribution is 2.18. The van der Waals surface area contributed by atoms with E-state index in [2.05, 4.69) is 16.0 Å². The van der Waals surface area contributed by atoms with Crippen LogP contribution in [0.5, 0.6) is 0 Å². The molecular formula is C12H21N3O4. The van der Waals surface area contributed by atoms with Crippen molar-refractivity contribution in [3.8, 4) is 0 Å². The number of amides is 3. The molecule has 108 valence electrons. The first-order valence-corrected chi connectivity index (χ1v) is 6.41. The van der Waals surface area contributed by atoms with E-state index in [9.17, 15) is 14.4 Å². The van der Waals surface area contributed by atoms with Crippen molar-refractivity contribution in [3.63, 3.8) is 0 Å². The molecule has 7 nitrogen and oxygen atoms in total. The molecule has 2 atom stereocenters. The summed E-state index contributed by atoms with van der Waals surface area (Å²) in [6, 6.07) is -2.09. The van der Waals surface area contributed by atoms with Crippen molar-refractivity contribution in [3.05, 3.63) is 0 Å². The zero-order valence-corrected chi connectivity index (χ0v) is 11.4. The molecule has 0 heterocycles. The second-order valence-electron chi connectivity index (χ2n) is 5.18. The third kappa shape index (κ3) is 5.15. The minimum absolute atomic E-state index is 0.224. The Morgan fingerprint density at radius 1 is 1.11 bits per heavy atom. The Hall–Kier alpha value is -1.79. The maximum absolute atomic E-state index is 11.6. The molecule has 4 N–H and O–H groups in total. The maximum Gasteiger partial charge on any atom is 0.326 e. The summed E-state index contributed by atoms with van der Waals surface area (Å²) in [5, 5.41) is 16.5. The summed E-state index contributed by atoms with van der Waals surface area (Å²) < 4.78 is 0. The van der Waals surface area contributed by atoms with Gasteiger partial charge in [-0.2, -0.15) is 0 Å². The maximum atomic E-state index is 11.6. The van der Waals surface area contributed by atoms with Crippen molar-refractivity contribution in [2.75, 3.05) is 0 Å². The van der Waals surface area contributed by atoms with Crippen LogP contribution < -0.4 is 16.0 Å². The van der Waals surface area contributed by atoms with E-state index >= 15 is 0 Å². The summed E-state index contributed by atoms with van der Waals surface area (Å²) in [7, 11) is 0. The molecule has 1 fully saturated rings. The lowest BCUT2D eigenvalue weighted by Crippen LogP contribution is -2.53. The molecule has 1 saturated carbocycles. The summed E-state index contributed by atoms with van der Waals surface area (Å²) in [5.41, 5.74) is 0. The van der Waals surface area contributed by atoms with Crippen LogP contribution in [0.2, 0.25) is 0 Å². The Morgan fingerprint density at radius 3 is 2.11 bits per heavy atom. The number of carboxylic acids is 1. The van der Waals surface area contributed by atoms with Crippen LogP contribution in [0.4, 0.5) is 4.79 Å². The zero-order valence-electron chi connectivity index (χ0n) is 11.4. The number of carbonyl (C=O) groups is 3. The first-order valence-electron chi connectivity index (χ1n) is 6.41. The zero-order chi connectivity index (χ0) is 14.6. The van der Waals surface area contributed by atoms with Crippen molar-refractivity contribution >= 4 is 17.9 Å². The van der Waals surface area contributed by atoms with Gasteiger partial charge in [-0.1, -0.05) is 13.8 Å². The molecule has 0 spiro atoms. The van der Waals surface area contributed by atoms with Gasteiger partial charge in [-0.3, -0.25) is 4.79 Å². The summed E-state index contributed by atoms with van der Waals surface area (Å²) in [4.78, 5) is 34.2. The molecule has 0 radical (unpaired) electrons. The minimum atomic E-state index is -1.10. The number of hydrogen-bond acceptors (Lipinski definition) is 3. The van der Waals surface area contributed by atoms with E-state index in [0.717, 1.165) is 12.8 Å². The van der Waals surface area contributed by atoms with Gasteiger partial charge in [-0.25, -0.2) is 9.59 Å². The van der Waals surface area contributed by atoms with Crippen LogP contribution in [0, 0.1) is 5.92 Å². The molecule has 0 aromatic rings. The van der Waals surface area contributed by atoms with E-state index in [1.807, 2.05) is 0 Å². The molecule has 1 unspecified atom stereocenters. The second kappa shape index (κ2) is 6.40. The van der Waals surface area contributed by atoms with E-state index in [1.54, 1.807) is 20.8 Å². The van der Waals surface area contributed by atoms with Crippen LogP contribution in [0.25, 0.3) is 0 Å². The molecule has 0 aliphatic heterocycles. The lowest BCUT2D eigenvalue weighted by atomic mass is 10.1. The van der Waals surface area contributed by atoms with Crippen LogP contribution in [0.3, 0.4) is 0 Å². The van der Waals surface area contributed by atoms with Crippen molar-refractivity contribution < 1.29 is 19.5 Å². The summed E-state index contributed by atoms with van der Waals surface area (Å²) >= 11 is 0. The van der Waals surface area contributed by atoms with Crippen LogP contribution in [0.1, 0.15) is 33.6 Å². The van der Waals surface area contributed by atoms with Crippen molar-refractivity contribution in [2.24, 2.45) is 5.92 Å². The molecular weight excluding hydrogens is 250 g/mol. The molecule has 1 aliphatic rings. The van der Waals surface area contributed by atoms with Gasteiger partial charge in [0.2, 0.25) is 5.91 Å². The van der Waals surface area contributed by atoms with Gasteiger partial charge in [0.1, 0.15) is 12.1 Å². The summed E-state index contributed by atoms with van der Waals surface area (Å²) in [6.07, 6.45) is 1.94. The summed E-state index contributed by atoms with van der Waals surface area (Å²) in [5.74, 6) is -1.59. The van der Waals surface area contributed by atoms with Crippen LogP contribution >= 0.6 is 0 Å². The highest BCUT2D eigenvalue weighted by Gasteiger charge is 2.28. The predicted octanol–water partition coefficient (Wildman–Crippen LogP) is 0.0619. The monoisotopic (exact) mass is 271 g/mol. The van der Waals surface area contributed by atoms with Gasteiger partial charge in [0.05, 0.1) is 0 Å². The first kappa shape index (κ1) is 15.3. The number of aliphatic carboxylic acids is 1. The van der Waals surface area contributed by atoms with Crippen molar-refractivity contribution in [2.45, 2.75) is 51.7 Å². The van der Waals surface area contributed by atoms with Gasteiger partial charge in [0.15, 0.2) is 0 Å². The number of carboxylic acid groups (broad SMARTS) is 1. The largest absolute Gasteiger partial charge is 0.480 e. The Bertz CT molecular complexity index is 366. The number of urea groups is 1. The molecule has 0 aromatic heterocycles. The topological polar surface area (TPSA) is 108 Å². The molecule has 3 amide bonds. The number of rotatable bonds is 6. The van der Waals surface area contributed by atoms with Gasteiger partial charge < -0.3 is 21.1 Å². The average Bonchev–Trinajstić information content (AvgIpc) is 3.08. The molecule has 7 heteroatoms. The van der Waals surface area contributed by atoms with Crippen LogP contribution in [-0.4, -0.2) is 41.1 Å². The van der Waals surface area contributed by atoms with Gasteiger partial charge in [0, 0.05) is 6.04 Å². The fraction of sp³-hybridized carbons (Fsp3) is 0.750. The first-order chi connectivity index (χ1) is 8.81. The molecule has 0 saturated heterocycles. The van der Waals surface area contributed by atoms with Crippen molar-refractivity contribution in [1.29, 1.82) is 0 Å². The highest BCUT2D eigenvalue weighted by atomic mass is 16.4. The molecule has 0 aromatic carbocycles. The fourth-order valence-electron chi connectivity index (χ4n) is 1.51. The average molecular weight is 271 g/mol. The lowest BCUT2D eigenvalue weighted by Gasteiger charge is -2.20. The quantitative estimate of drug-likeness (QED) is 0.548. The van der Waals surface area contributed by atoms with E-state index < -0.39 is 24.1 Å². The molecule has 1 rings (SSSR count). The number of nitrogens with one attached hydrogen (secondary N) is 3. The fourth-order valence-corrected chi connectivity index (χ4v) is 1.51. The third-order valence-electron chi connectivity index (χ3n) is 2.88. The number of hydrogen-bond donors (Lipinski definition) is 4. The smallest absolute Gasteiger partial charge is 0.326 e. The Labute approximate surface area is 112 Å². The predicted molar refractivity (Wildman–Crippen MR) is 68.6 cm³/mol. The van der Waals surface area contributed by atoms with Crippen LogP contribution in [0.15, 0.2) is 0 Å². The normalized spacial score (nSPS) is 17.5. The standard InChI is InChI=1S/C12H21N3O4/c1-6(2)9(11(17)18)15-12(19)13-7(3)10(16)14-8-4-5-8/h6-9H,4-5H2,1-3H3,(H,14,16)(H,17,18)(H2,13,15,19)/t7?,9-/m0/s1. The SMILES string of the molecule is CC(NC(=O)N[C@H](C(=O)O)C(C)C)C(=O)NC1CC1. The van der Waals surface area contributed by atoms with E-state index in [0.29, 0.717) is 0 Å². The second-order valence-corrected chi connectivity index (χ2v) is 5.18. The van der Waals surface area contributed by atoms with Gasteiger partial charge in [0.25, 0.3) is 0 Å². The number of carbonyl (C=O) groups excluding carboxylic acids is 2. The van der Waals surface area contributed by atoms with E-state index in [1.165, 1.54) is 0 Å². The summed E-state index contributed by atoms with van der Waals surface area (Å²) in [6.45, 7) is 4.95.